The molecule has 1 aromatic rings. The van der Waals surface area contributed by atoms with E-state index in [9.17, 15) is 4.39 Å². The molecule has 2 saturated carbocycles. The molecule has 1 heterocycles. The lowest BCUT2D eigenvalue weighted by atomic mass is 9.84. The van der Waals surface area contributed by atoms with Gasteiger partial charge in [-0.3, -0.25) is 4.90 Å². The summed E-state index contributed by atoms with van der Waals surface area (Å²) < 4.78 is 14.0. The van der Waals surface area contributed by atoms with E-state index in [1.165, 1.54) is 50.5 Å². The first kappa shape index (κ1) is 12.8. The number of rotatable bonds is 1. The molecule has 0 aromatic heterocycles. The van der Waals surface area contributed by atoms with E-state index in [0.717, 1.165) is 25.1 Å². The van der Waals surface area contributed by atoms with E-state index in [1.807, 2.05) is 6.07 Å². The van der Waals surface area contributed by atoms with E-state index in [2.05, 4.69) is 11.0 Å². The summed E-state index contributed by atoms with van der Waals surface area (Å²) in [6.45, 7) is 1.96. The summed E-state index contributed by atoms with van der Waals surface area (Å²) >= 11 is 0. The summed E-state index contributed by atoms with van der Waals surface area (Å²) in [5, 5.41) is 0. The lowest BCUT2D eigenvalue weighted by molar-refractivity contribution is 0.161. The number of halogens is 1. The zero-order valence-electron chi connectivity index (χ0n) is 12.2. The highest BCUT2D eigenvalue weighted by atomic mass is 19.1. The first-order chi connectivity index (χ1) is 9.76. The maximum Gasteiger partial charge on any atom is 0.127 e. The smallest absolute Gasteiger partial charge is 0.127 e. The summed E-state index contributed by atoms with van der Waals surface area (Å²) in [4.78, 5) is 2.57. The van der Waals surface area contributed by atoms with E-state index >= 15 is 0 Å². The Kier molecular flexibility index (Phi) is 3.10. The summed E-state index contributed by atoms with van der Waals surface area (Å²) in [7, 11) is 0. The Hall–Kier alpha value is -0.890. The largest absolute Gasteiger partial charge is 0.296 e. The van der Waals surface area contributed by atoms with Crippen LogP contribution in [0.4, 0.5) is 4.39 Å². The Bertz CT molecular complexity index is 504. The van der Waals surface area contributed by atoms with Gasteiger partial charge in [-0.2, -0.15) is 0 Å². The fourth-order valence-electron chi connectivity index (χ4n) is 4.94. The van der Waals surface area contributed by atoms with Gasteiger partial charge >= 0.3 is 0 Å². The second kappa shape index (κ2) is 4.84. The third-order valence-corrected chi connectivity index (χ3v) is 6.10. The van der Waals surface area contributed by atoms with E-state index < -0.39 is 0 Å². The Morgan fingerprint density at radius 3 is 2.85 bits per heavy atom. The molecule has 0 amide bonds. The molecule has 0 saturated heterocycles. The summed E-state index contributed by atoms with van der Waals surface area (Å²) in [6, 6.07) is 6.28. The van der Waals surface area contributed by atoms with Crippen molar-refractivity contribution in [1.29, 1.82) is 0 Å². The summed E-state index contributed by atoms with van der Waals surface area (Å²) in [5.41, 5.74) is 2.86. The minimum atomic E-state index is 0.000719. The van der Waals surface area contributed by atoms with Crippen molar-refractivity contribution in [3.63, 3.8) is 0 Å². The average Bonchev–Trinajstić information content (AvgIpc) is 3.10. The van der Waals surface area contributed by atoms with Crippen molar-refractivity contribution in [3.8, 4) is 0 Å². The third-order valence-electron chi connectivity index (χ3n) is 6.10. The van der Waals surface area contributed by atoms with Crippen LogP contribution in [0.1, 0.15) is 56.1 Å². The monoisotopic (exact) mass is 273 g/mol. The van der Waals surface area contributed by atoms with Crippen LogP contribution in [-0.4, -0.2) is 17.5 Å². The lowest BCUT2D eigenvalue weighted by Crippen LogP contribution is -2.38. The molecule has 0 unspecified atom stereocenters. The fraction of sp³-hybridized carbons (Fsp3) is 0.667. The van der Waals surface area contributed by atoms with E-state index in [1.54, 1.807) is 6.07 Å². The van der Waals surface area contributed by atoms with Crippen LogP contribution in [0.5, 0.6) is 0 Å². The van der Waals surface area contributed by atoms with Gasteiger partial charge in [0.15, 0.2) is 0 Å². The van der Waals surface area contributed by atoms with Crippen molar-refractivity contribution in [2.75, 3.05) is 6.54 Å². The highest BCUT2D eigenvalue weighted by molar-refractivity contribution is 5.30. The molecular formula is C18H24FN. The molecule has 2 aliphatic carbocycles. The highest BCUT2D eigenvalue weighted by Gasteiger charge is 2.43. The van der Waals surface area contributed by atoms with Crippen LogP contribution in [0.2, 0.25) is 0 Å². The first-order valence-corrected chi connectivity index (χ1v) is 8.26. The molecule has 1 atom stereocenters. The van der Waals surface area contributed by atoms with Crippen LogP contribution < -0.4 is 0 Å². The lowest BCUT2D eigenvalue weighted by Gasteiger charge is -2.35. The number of hydrogen-bond acceptors (Lipinski definition) is 1. The Morgan fingerprint density at radius 1 is 1.15 bits per heavy atom. The molecule has 1 aromatic carbocycles. The van der Waals surface area contributed by atoms with Gasteiger partial charge < -0.3 is 0 Å². The minimum absolute atomic E-state index is 0.000719. The van der Waals surface area contributed by atoms with Crippen molar-refractivity contribution in [3.05, 3.63) is 35.1 Å². The molecule has 1 nitrogen and oxygen atoms in total. The van der Waals surface area contributed by atoms with Crippen LogP contribution in [-0.2, 0) is 13.0 Å². The summed E-state index contributed by atoms with van der Waals surface area (Å²) in [5.74, 6) is 0.000719. The molecule has 2 heteroatoms. The second-order valence-corrected chi connectivity index (χ2v) is 7.20. The predicted octanol–water partition coefficient (Wildman–Crippen LogP) is 4.30. The first-order valence-electron chi connectivity index (χ1n) is 8.26. The van der Waals surface area contributed by atoms with Crippen molar-refractivity contribution < 1.29 is 4.39 Å². The predicted molar refractivity (Wildman–Crippen MR) is 79.1 cm³/mol. The van der Waals surface area contributed by atoms with Gasteiger partial charge in [-0.15, -0.1) is 0 Å². The SMILES string of the molecule is Fc1cccc2c1CN([C@@H]1CCC3(CCCC3)C1)CC2. The molecule has 1 spiro atoms. The van der Waals surface area contributed by atoms with Gasteiger partial charge in [0.2, 0.25) is 0 Å². The van der Waals surface area contributed by atoms with Gasteiger partial charge in [0.25, 0.3) is 0 Å². The number of fused-ring (bicyclic) bond motifs is 1. The van der Waals surface area contributed by atoms with Gasteiger partial charge in [-0.05, 0) is 55.6 Å². The molecule has 0 N–H and O–H groups in total. The molecular weight excluding hydrogens is 249 g/mol. The van der Waals surface area contributed by atoms with Gasteiger partial charge in [-0.25, -0.2) is 4.39 Å². The van der Waals surface area contributed by atoms with Gasteiger partial charge in [0.1, 0.15) is 5.82 Å². The zero-order chi connectivity index (χ0) is 13.6. The molecule has 3 aliphatic rings. The fourth-order valence-corrected chi connectivity index (χ4v) is 4.94. The van der Waals surface area contributed by atoms with Crippen LogP contribution in [0.25, 0.3) is 0 Å². The van der Waals surface area contributed by atoms with Gasteiger partial charge in [0, 0.05) is 24.7 Å². The summed E-state index contributed by atoms with van der Waals surface area (Å²) in [6.07, 6.45) is 10.9. The molecule has 1 aliphatic heterocycles. The Balaban J connectivity index is 1.50. The van der Waals surface area contributed by atoms with Crippen molar-refractivity contribution >= 4 is 0 Å². The normalized spacial score (nSPS) is 28.9. The van der Waals surface area contributed by atoms with E-state index in [-0.39, 0.29) is 5.82 Å². The van der Waals surface area contributed by atoms with Crippen LogP contribution >= 0.6 is 0 Å². The molecule has 2 fully saturated rings. The number of nitrogens with zero attached hydrogens (tertiary/aromatic N) is 1. The zero-order valence-corrected chi connectivity index (χ0v) is 12.2. The molecule has 20 heavy (non-hydrogen) atoms. The standard InChI is InChI=1S/C18H24FN/c19-17-5-3-4-14-7-11-20(13-16(14)17)15-6-10-18(12-15)8-1-2-9-18/h3-5,15H,1-2,6-13H2/t15-/m1/s1. The molecule has 0 radical (unpaired) electrons. The Morgan fingerprint density at radius 2 is 2.00 bits per heavy atom. The number of hydrogen-bond donors (Lipinski definition) is 0. The minimum Gasteiger partial charge on any atom is -0.296 e. The van der Waals surface area contributed by atoms with Gasteiger partial charge in [-0.1, -0.05) is 25.0 Å². The highest BCUT2D eigenvalue weighted by Crippen LogP contribution is 2.52. The van der Waals surface area contributed by atoms with Crippen LogP contribution in [0.15, 0.2) is 18.2 Å². The molecule has 108 valence electrons. The van der Waals surface area contributed by atoms with Crippen LogP contribution in [0.3, 0.4) is 0 Å². The van der Waals surface area contributed by atoms with E-state index in [4.69, 9.17) is 0 Å². The maximum atomic E-state index is 14.0. The van der Waals surface area contributed by atoms with Gasteiger partial charge in [0.05, 0.1) is 0 Å². The second-order valence-electron chi connectivity index (χ2n) is 7.20. The maximum absolute atomic E-state index is 14.0. The van der Waals surface area contributed by atoms with E-state index in [0.29, 0.717) is 11.5 Å². The quantitative estimate of drug-likeness (QED) is 0.737. The number of benzene rings is 1. The van der Waals surface area contributed by atoms with Crippen LogP contribution in [0, 0.1) is 11.2 Å². The topological polar surface area (TPSA) is 3.24 Å². The van der Waals surface area contributed by atoms with Crippen molar-refractivity contribution in [2.24, 2.45) is 5.41 Å². The molecule has 0 bridgehead atoms. The van der Waals surface area contributed by atoms with Crippen molar-refractivity contribution in [1.82, 2.24) is 4.90 Å². The van der Waals surface area contributed by atoms with Crippen molar-refractivity contribution in [2.45, 2.75) is 64.0 Å². The average molecular weight is 273 g/mol. The Labute approximate surface area is 121 Å². The third kappa shape index (κ3) is 2.09. The molecule has 4 rings (SSSR count).